The highest BCUT2D eigenvalue weighted by molar-refractivity contribution is 7.91. The van der Waals surface area contributed by atoms with E-state index >= 15 is 0 Å². The summed E-state index contributed by atoms with van der Waals surface area (Å²) in [4.78, 5) is 0. The molecule has 1 heterocycles. The minimum absolute atomic E-state index is 0.0169. The fraction of sp³-hybridized carbons (Fsp3) is 0.571. The number of rotatable bonds is 6. The van der Waals surface area contributed by atoms with Crippen LogP contribution in [0.4, 0.5) is 4.39 Å². The number of sulfone groups is 1. The van der Waals surface area contributed by atoms with Gasteiger partial charge in [0, 0.05) is 24.3 Å². The van der Waals surface area contributed by atoms with Gasteiger partial charge < -0.3 is 5.32 Å². The Balaban J connectivity index is 2.01. The molecular weight excluding hydrogens is 265 g/mol. The quantitative estimate of drug-likeness (QED) is 0.868. The van der Waals surface area contributed by atoms with E-state index in [9.17, 15) is 12.8 Å². The van der Waals surface area contributed by atoms with Crippen molar-refractivity contribution in [2.75, 3.05) is 24.6 Å². The average molecular weight is 285 g/mol. The standard InChI is InChI=1S/C14H20FNO2S/c1-2-19(17,18)9-3-8-14(10-16-11-14)12-4-6-13(15)7-5-12/h4-7,16H,2-3,8-11H2,1H3. The molecule has 0 spiro atoms. The van der Waals surface area contributed by atoms with Crippen LogP contribution in [0.25, 0.3) is 0 Å². The second kappa shape index (κ2) is 5.59. The van der Waals surface area contributed by atoms with Crippen LogP contribution in [0.3, 0.4) is 0 Å². The molecule has 0 bridgehead atoms. The molecule has 1 saturated heterocycles. The van der Waals surface area contributed by atoms with Gasteiger partial charge in [-0.3, -0.25) is 0 Å². The molecule has 0 radical (unpaired) electrons. The Kier molecular flexibility index (Phi) is 4.26. The van der Waals surface area contributed by atoms with Crippen molar-refractivity contribution in [3.8, 4) is 0 Å². The molecule has 0 unspecified atom stereocenters. The molecule has 1 fully saturated rings. The number of benzene rings is 1. The van der Waals surface area contributed by atoms with Crippen molar-refractivity contribution < 1.29 is 12.8 Å². The van der Waals surface area contributed by atoms with Crippen molar-refractivity contribution in [2.45, 2.75) is 25.2 Å². The van der Waals surface area contributed by atoms with Crippen LogP contribution in [-0.2, 0) is 15.3 Å². The van der Waals surface area contributed by atoms with Gasteiger partial charge in [-0.25, -0.2) is 12.8 Å². The number of nitrogens with one attached hydrogen (secondary N) is 1. The fourth-order valence-corrected chi connectivity index (χ4v) is 3.40. The Morgan fingerprint density at radius 1 is 1.26 bits per heavy atom. The van der Waals surface area contributed by atoms with Gasteiger partial charge in [0.15, 0.2) is 0 Å². The van der Waals surface area contributed by atoms with Crippen molar-refractivity contribution in [1.82, 2.24) is 5.32 Å². The van der Waals surface area contributed by atoms with Crippen molar-refractivity contribution in [1.29, 1.82) is 0 Å². The topological polar surface area (TPSA) is 46.2 Å². The molecule has 1 aliphatic heterocycles. The molecule has 19 heavy (non-hydrogen) atoms. The second-order valence-corrected chi connectivity index (χ2v) is 7.70. The minimum Gasteiger partial charge on any atom is -0.315 e. The van der Waals surface area contributed by atoms with Gasteiger partial charge in [-0.15, -0.1) is 0 Å². The monoisotopic (exact) mass is 285 g/mol. The zero-order valence-corrected chi connectivity index (χ0v) is 12.0. The van der Waals surface area contributed by atoms with Gasteiger partial charge in [-0.2, -0.15) is 0 Å². The fourth-order valence-electron chi connectivity index (χ4n) is 2.53. The Bertz CT molecular complexity index is 521. The van der Waals surface area contributed by atoms with E-state index in [-0.39, 0.29) is 22.7 Å². The molecule has 0 aliphatic carbocycles. The predicted molar refractivity (Wildman–Crippen MR) is 74.5 cm³/mol. The first-order valence-electron chi connectivity index (χ1n) is 6.65. The maximum Gasteiger partial charge on any atom is 0.150 e. The Hall–Kier alpha value is -0.940. The third kappa shape index (κ3) is 3.34. The SMILES string of the molecule is CCS(=O)(=O)CCCC1(c2ccc(F)cc2)CNC1. The lowest BCUT2D eigenvalue weighted by molar-refractivity contribution is 0.255. The zero-order valence-electron chi connectivity index (χ0n) is 11.2. The van der Waals surface area contributed by atoms with Gasteiger partial charge in [0.05, 0.1) is 5.75 Å². The molecule has 106 valence electrons. The Morgan fingerprint density at radius 3 is 2.37 bits per heavy atom. The Morgan fingerprint density at radius 2 is 1.89 bits per heavy atom. The van der Waals surface area contributed by atoms with Gasteiger partial charge in [0.2, 0.25) is 0 Å². The van der Waals surface area contributed by atoms with Crippen LogP contribution >= 0.6 is 0 Å². The van der Waals surface area contributed by atoms with E-state index in [2.05, 4.69) is 5.32 Å². The highest BCUT2D eigenvalue weighted by Crippen LogP contribution is 2.33. The molecule has 5 heteroatoms. The van der Waals surface area contributed by atoms with Crippen molar-refractivity contribution in [3.05, 3.63) is 35.6 Å². The first-order valence-corrected chi connectivity index (χ1v) is 8.47. The first kappa shape index (κ1) is 14.5. The summed E-state index contributed by atoms with van der Waals surface area (Å²) in [7, 11) is -2.90. The van der Waals surface area contributed by atoms with Gasteiger partial charge >= 0.3 is 0 Å². The molecule has 1 aromatic rings. The summed E-state index contributed by atoms with van der Waals surface area (Å²) in [6.07, 6.45) is 1.49. The smallest absolute Gasteiger partial charge is 0.150 e. The lowest BCUT2D eigenvalue weighted by atomic mass is 9.72. The minimum atomic E-state index is -2.90. The molecule has 0 saturated carbocycles. The summed E-state index contributed by atoms with van der Waals surface area (Å²) in [5, 5.41) is 3.23. The van der Waals surface area contributed by atoms with Crippen LogP contribution in [0.15, 0.2) is 24.3 Å². The largest absolute Gasteiger partial charge is 0.315 e. The van der Waals surface area contributed by atoms with Crippen LogP contribution in [0.1, 0.15) is 25.3 Å². The average Bonchev–Trinajstić information content (AvgIpc) is 2.34. The van der Waals surface area contributed by atoms with Crippen LogP contribution in [0.2, 0.25) is 0 Å². The zero-order chi connectivity index (χ0) is 13.9. The summed E-state index contributed by atoms with van der Waals surface area (Å²) in [6.45, 7) is 3.35. The Labute approximate surface area is 114 Å². The molecular formula is C14H20FNO2S. The van der Waals surface area contributed by atoms with E-state index in [1.54, 1.807) is 6.92 Å². The molecule has 0 aromatic heterocycles. The van der Waals surface area contributed by atoms with Crippen LogP contribution in [0, 0.1) is 5.82 Å². The van der Waals surface area contributed by atoms with E-state index < -0.39 is 9.84 Å². The van der Waals surface area contributed by atoms with Gasteiger partial charge in [-0.1, -0.05) is 19.1 Å². The van der Waals surface area contributed by atoms with Crippen molar-refractivity contribution in [3.63, 3.8) is 0 Å². The highest BCUT2D eigenvalue weighted by Gasteiger charge is 2.38. The molecule has 1 aromatic carbocycles. The summed E-state index contributed by atoms with van der Waals surface area (Å²) in [5.41, 5.74) is 1.08. The third-order valence-corrected chi connectivity index (χ3v) is 5.72. The molecule has 1 aliphatic rings. The summed E-state index contributed by atoms with van der Waals surface area (Å²) in [6, 6.07) is 6.56. The number of halogens is 1. The van der Waals surface area contributed by atoms with E-state index in [1.807, 2.05) is 12.1 Å². The summed E-state index contributed by atoms with van der Waals surface area (Å²) in [5.74, 6) is 0.209. The summed E-state index contributed by atoms with van der Waals surface area (Å²) < 4.78 is 36.0. The van der Waals surface area contributed by atoms with Crippen molar-refractivity contribution in [2.24, 2.45) is 0 Å². The van der Waals surface area contributed by atoms with Gasteiger partial charge in [0.1, 0.15) is 15.7 Å². The van der Waals surface area contributed by atoms with Crippen LogP contribution < -0.4 is 5.32 Å². The molecule has 1 N–H and O–H groups in total. The molecule has 3 nitrogen and oxygen atoms in total. The highest BCUT2D eigenvalue weighted by atomic mass is 32.2. The van der Waals surface area contributed by atoms with E-state index in [0.29, 0.717) is 6.42 Å². The predicted octanol–water partition coefficient (Wildman–Crippen LogP) is 1.88. The lowest BCUT2D eigenvalue weighted by Gasteiger charge is -2.43. The van der Waals surface area contributed by atoms with Crippen LogP contribution in [-0.4, -0.2) is 33.0 Å². The third-order valence-electron chi connectivity index (χ3n) is 3.93. The van der Waals surface area contributed by atoms with Gasteiger partial charge in [0.25, 0.3) is 0 Å². The normalized spacial score (nSPS) is 18.0. The van der Waals surface area contributed by atoms with Crippen molar-refractivity contribution >= 4 is 9.84 Å². The van der Waals surface area contributed by atoms with E-state index in [0.717, 1.165) is 25.1 Å². The van der Waals surface area contributed by atoms with E-state index in [1.165, 1.54) is 12.1 Å². The molecule has 2 rings (SSSR count). The maximum atomic E-state index is 13.0. The first-order chi connectivity index (χ1) is 8.97. The maximum absolute atomic E-state index is 13.0. The lowest BCUT2D eigenvalue weighted by Crippen LogP contribution is -2.56. The molecule has 0 atom stereocenters. The van der Waals surface area contributed by atoms with Crippen LogP contribution in [0.5, 0.6) is 0 Å². The van der Waals surface area contributed by atoms with E-state index in [4.69, 9.17) is 0 Å². The van der Waals surface area contributed by atoms with Gasteiger partial charge in [-0.05, 0) is 30.5 Å². The number of hydrogen-bond donors (Lipinski definition) is 1. The second-order valence-electron chi connectivity index (χ2n) is 5.23. The number of hydrogen-bond acceptors (Lipinski definition) is 3. The molecule has 0 amide bonds. The summed E-state index contributed by atoms with van der Waals surface area (Å²) >= 11 is 0.